The first-order valence-corrected chi connectivity index (χ1v) is 9.41. The summed E-state index contributed by atoms with van der Waals surface area (Å²) in [6.45, 7) is 4.97. The van der Waals surface area contributed by atoms with Crippen molar-refractivity contribution in [1.29, 1.82) is 0 Å². The van der Waals surface area contributed by atoms with Crippen molar-refractivity contribution >= 4 is 32.9 Å². The molecule has 0 atom stereocenters. The van der Waals surface area contributed by atoms with E-state index in [1.54, 1.807) is 12.1 Å². The number of alkyl halides is 2. The number of hydrogen-bond donors (Lipinski definition) is 0. The van der Waals surface area contributed by atoms with Gasteiger partial charge in [-0.2, -0.15) is 0 Å². The number of halogens is 3. The Labute approximate surface area is 150 Å². The smallest absolute Gasteiger partial charge is 0.265 e. The Bertz CT molecular complexity index is 940. The summed E-state index contributed by atoms with van der Waals surface area (Å²) >= 11 is 5.93. The van der Waals surface area contributed by atoms with Gasteiger partial charge in [0, 0.05) is 29.1 Å². The molecule has 0 radical (unpaired) electrons. The van der Waals surface area contributed by atoms with Crippen LogP contribution in [-0.2, 0) is 10.0 Å². The molecular weight excluding hydrogens is 368 g/mol. The summed E-state index contributed by atoms with van der Waals surface area (Å²) in [5.74, 6) is -3.21. The van der Waals surface area contributed by atoms with Crippen LogP contribution in [0.15, 0.2) is 53.9 Å². The lowest BCUT2D eigenvalue weighted by molar-refractivity contribution is 0.0617. The molecule has 0 aromatic heterocycles. The monoisotopic (exact) mass is 383 g/mol. The number of anilines is 1. The second-order valence-corrected chi connectivity index (χ2v) is 8.28. The molecule has 1 heterocycles. The van der Waals surface area contributed by atoms with E-state index in [0.717, 1.165) is 9.87 Å². The maximum Gasteiger partial charge on any atom is 0.275 e. The maximum atomic E-state index is 14.3. The molecule has 0 fully saturated rings. The summed E-state index contributed by atoms with van der Waals surface area (Å²) in [6, 6.07) is 10.5. The summed E-state index contributed by atoms with van der Waals surface area (Å²) in [4.78, 5) is 0.0508. The number of allylic oxidation sites excluding steroid dienone is 1. The maximum absolute atomic E-state index is 14.3. The standard InChI is InChI=1S/C18H16ClF2NO2S/c1-12-3-6-15(7-4-12)25(23,24)22-10-9-18(20,21)13(2)16-11-14(19)5-8-17(16)22/h3-8,11H,2,9-10H2,1H3. The van der Waals surface area contributed by atoms with Crippen LogP contribution in [0.3, 0.4) is 0 Å². The van der Waals surface area contributed by atoms with Crippen LogP contribution < -0.4 is 4.31 Å². The molecule has 0 spiro atoms. The zero-order valence-electron chi connectivity index (χ0n) is 13.5. The van der Waals surface area contributed by atoms with Crippen molar-refractivity contribution in [1.82, 2.24) is 0 Å². The number of sulfonamides is 1. The van der Waals surface area contributed by atoms with Gasteiger partial charge in [0.1, 0.15) is 0 Å². The Balaban J connectivity index is 2.19. The molecular formula is C18H16ClF2NO2S. The molecule has 0 aliphatic carbocycles. The second kappa shape index (κ2) is 6.11. The molecule has 2 aromatic carbocycles. The molecule has 2 aromatic rings. The van der Waals surface area contributed by atoms with Crippen molar-refractivity contribution in [3.63, 3.8) is 0 Å². The van der Waals surface area contributed by atoms with Crippen LogP contribution in [0.25, 0.3) is 5.57 Å². The minimum absolute atomic E-state index is 0.0469. The fraction of sp³-hybridized carbons (Fsp3) is 0.222. The average Bonchev–Trinajstić information content (AvgIpc) is 2.64. The first-order chi connectivity index (χ1) is 11.6. The summed E-state index contributed by atoms with van der Waals surface area (Å²) < 4.78 is 55.7. The van der Waals surface area contributed by atoms with Gasteiger partial charge in [0.25, 0.3) is 15.9 Å². The molecule has 0 bridgehead atoms. The number of nitrogens with zero attached hydrogens (tertiary/aromatic N) is 1. The first kappa shape index (κ1) is 17.9. The molecule has 1 aliphatic heterocycles. The molecule has 7 heteroatoms. The Kier molecular flexibility index (Phi) is 4.37. The van der Waals surface area contributed by atoms with Gasteiger partial charge in [0.05, 0.1) is 10.6 Å². The number of hydrogen-bond acceptors (Lipinski definition) is 2. The fourth-order valence-corrected chi connectivity index (χ4v) is 4.42. The average molecular weight is 384 g/mol. The van der Waals surface area contributed by atoms with E-state index >= 15 is 0 Å². The van der Waals surface area contributed by atoms with E-state index in [2.05, 4.69) is 6.58 Å². The second-order valence-electron chi connectivity index (χ2n) is 5.98. The number of aryl methyl sites for hydroxylation is 1. The Hall–Kier alpha value is -1.92. The highest BCUT2D eigenvalue weighted by Crippen LogP contribution is 2.44. The summed E-state index contributed by atoms with van der Waals surface area (Å²) in [6.07, 6.45) is -0.650. The molecule has 0 amide bonds. The van der Waals surface area contributed by atoms with Crippen molar-refractivity contribution in [3.8, 4) is 0 Å². The van der Waals surface area contributed by atoms with Gasteiger partial charge in [-0.25, -0.2) is 17.2 Å². The van der Waals surface area contributed by atoms with Crippen molar-refractivity contribution < 1.29 is 17.2 Å². The molecule has 3 nitrogen and oxygen atoms in total. The minimum Gasteiger partial charge on any atom is -0.265 e. The third-order valence-corrected chi connectivity index (χ3v) is 6.29. The zero-order valence-corrected chi connectivity index (χ0v) is 15.0. The third-order valence-electron chi connectivity index (χ3n) is 4.23. The van der Waals surface area contributed by atoms with Gasteiger partial charge >= 0.3 is 0 Å². The van der Waals surface area contributed by atoms with E-state index in [-0.39, 0.29) is 27.7 Å². The van der Waals surface area contributed by atoms with Crippen LogP contribution >= 0.6 is 11.6 Å². The highest BCUT2D eigenvalue weighted by molar-refractivity contribution is 7.92. The quantitative estimate of drug-likeness (QED) is 0.740. The fourth-order valence-electron chi connectivity index (χ4n) is 2.76. The van der Waals surface area contributed by atoms with Crippen LogP contribution in [-0.4, -0.2) is 20.9 Å². The van der Waals surface area contributed by atoms with Gasteiger partial charge in [-0.15, -0.1) is 0 Å². The molecule has 0 saturated heterocycles. The Morgan fingerprint density at radius 1 is 1.16 bits per heavy atom. The number of benzene rings is 2. The number of rotatable bonds is 2. The van der Waals surface area contributed by atoms with E-state index in [4.69, 9.17) is 11.6 Å². The van der Waals surface area contributed by atoms with Crippen molar-refractivity contribution in [2.24, 2.45) is 0 Å². The summed E-state index contributed by atoms with van der Waals surface area (Å²) in [7, 11) is -3.99. The molecule has 0 unspecified atom stereocenters. The normalized spacial score (nSPS) is 17.1. The SMILES string of the molecule is C=C1c2cc(Cl)ccc2N(S(=O)(=O)c2ccc(C)cc2)CCC1(F)F. The molecule has 0 N–H and O–H groups in total. The molecule has 1 aliphatic rings. The van der Waals surface area contributed by atoms with Crippen molar-refractivity contribution in [3.05, 3.63) is 65.2 Å². The van der Waals surface area contributed by atoms with E-state index in [0.29, 0.717) is 0 Å². The van der Waals surface area contributed by atoms with E-state index < -0.39 is 27.9 Å². The van der Waals surface area contributed by atoms with E-state index in [1.807, 2.05) is 6.92 Å². The van der Waals surface area contributed by atoms with Gasteiger partial charge in [-0.3, -0.25) is 4.31 Å². The van der Waals surface area contributed by atoms with Crippen LogP contribution in [0.1, 0.15) is 17.5 Å². The molecule has 25 heavy (non-hydrogen) atoms. The summed E-state index contributed by atoms with van der Waals surface area (Å²) in [5.41, 5.74) is 0.686. The lowest BCUT2D eigenvalue weighted by Gasteiger charge is -2.24. The largest absolute Gasteiger partial charge is 0.275 e. The minimum atomic E-state index is -3.99. The molecule has 0 saturated carbocycles. The number of fused-ring (bicyclic) bond motifs is 1. The van der Waals surface area contributed by atoms with Gasteiger partial charge in [-0.05, 0) is 37.3 Å². The zero-order chi connectivity index (χ0) is 18.4. The van der Waals surface area contributed by atoms with E-state index in [1.165, 1.54) is 30.3 Å². The molecule has 3 rings (SSSR count). The summed E-state index contributed by atoms with van der Waals surface area (Å²) in [5, 5.41) is 0.241. The lowest BCUT2D eigenvalue weighted by atomic mass is 9.99. The van der Waals surface area contributed by atoms with Gasteiger partial charge in [0.15, 0.2) is 0 Å². The Morgan fingerprint density at radius 2 is 1.80 bits per heavy atom. The van der Waals surface area contributed by atoms with Crippen LogP contribution in [0.2, 0.25) is 5.02 Å². The van der Waals surface area contributed by atoms with Gasteiger partial charge < -0.3 is 0 Å². The van der Waals surface area contributed by atoms with Crippen LogP contribution in [0, 0.1) is 6.92 Å². The topological polar surface area (TPSA) is 37.4 Å². The Morgan fingerprint density at radius 3 is 2.44 bits per heavy atom. The van der Waals surface area contributed by atoms with Crippen LogP contribution in [0.4, 0.5) is 14.5 Å². The van der Waals surface area contributed by atoms with E-state index in [9.17, 15) is 17.2 Å². The molecule has 132 valence electrons. The van der Waals surface area contributed by atoms with Gasteiger partial charge in [-0.1, -0.05) is 35.9 Å². The lowest BCUT2D eigenvalue weighted by Crippen LogP contribution is -2.33. The predicted octanol–water partition coefficient (Wildman–Crippen LogP) is 4.90. The highest BCUT2D eigenvalue weighted by atomic mass is 35.5. The van der Waals surface area contributed by atoms with Crippen molar-refractivity contribution in [2.45, 2.75) is 24.2 Å². The predicted molar refractivity (Wildman–Crippen MR) is 95.8 cm³/mol. The van der Waals surface area contributed by atoms with Crippen molar-refractivity contribution in [2.75, 3.05) is 10.8 Å². The van der Waals surface area contributed by atoms with Crippen LogP contribution in [0.5, 0.6) is 0 Å². The first-order valence-electron chi connectivity index (χ1n) is 7.59. The third kappa shape index (κ3) is 3.16. The van der Waals surface area contributed by atoms with Gasteiger partial charge in [0.2, 0.25) is 0 Å². The highest BCUT2D eigenvalue weighted by Gasteiger charge is 2.41.